The lowest BCUT2D eigenvalue weighted by atomic mass is 10.3. The molecule has 0 spiro atoms. The molecular formula is C10H16N2S. The Morgan fingerprint density at radius 1 is 1.23 bits per heavy atom. The molecule has 13 heavy (non-hydrogen) atoms. The van der Waals surface area contributed by atoms with E-state index in [1.165, 1.54) is 0 Å². The van der Waals surface area contributed by atoms with Crippen molar-refractivity contribution in [3.05, 3.63) is 24.3 Å². The number of anilines is 1. The van der Waals surface area contributed by atoms with Gasteiger partial charge in [-0.2, -0.15) is 0 Å². The zero-order valence-electron chi connectivity index (χ0n) is 8.03. The number of nitrogens with two attached hydrogens (primary N) is 2. The van der Waals surface area contributed by atoms with Crippen LogP contribution in [0.1, 0.15) is 13.8 Å². The molecule has 2 unspecified atom stereocenters. The summed E-state index contributed by atoms with van der Waals surface area (Å²) in [6.45, 7) is 4.12. The molecule has 0 saturated carbocycles. The van der Waals surface area contributed by atoms with Crippen molar-refractivity contribution in [2.24, 2.45) is 5.73 Å². The summed E-state index contributed by atoms with van der Waals surface area (Å²) in [6, 6.07) is 8.06. The van der Waals surface area contributed by atoms with Gasteiger partial charge in [0.2, 0.25) is 0 Å². The van der Waals surface area contributed by atoms with E-state index >= 15 is 0 Å². The minimum atomic E-state index is 0.185. The Morgan fingerprint density at radius 2 is 1.85 bits per heavy atom. The van der Waals surface area contributed by atoms with Crippen LogP contribution in [0.15, 0.2) is 29.2 Å². The molecule has 0 aromatic heterocycles. The van der Waals surface area contributed by atoms with Gasteiger partial charge in [-0.05, 0) is 19.1 Å². The predicted octanol–water partition coefficient (Wildman–Crippen LogP) is 2.10. The van der Waals surface area contributed by atoms with Crippen molar-refractivity contribution in [3.8, 4) is 0 Å². The van der Waals surface area contributed by atoms with E-state index in [0.29, 0.717) is 5.25 Å². The highest BCUT2D eigenvalue weighted by Gasteiger charge is 2.10. The van der Waals surface area contributed by atoms with E-state index in [-0.39, 0.29) is 6.04 Å². The molecule has 0 bridgehead atoms. The average Bonchev–Trinajstić information content (AvgIpc) is 2.08. The molecule has 0 radical (unpaired) electrons. The summed E-state index contributed by atoms with van der Waals surface area (Å²) >= 11 is 1.73. The van der Waals surface area contributed by atoms with Gasteiger partial charge in [-0.15, -0.1) is 11.8 Å². The van der Waals surface area contributed by atoms with E-state index in [4.69, 9.17) is 11.5 Å². The van der Waals surface area contributed by atoms with Gasteiger partial charge < -0.3 is 11.5 Å². The second-order valence-electron chi connectivity index (χ2n) is 3.22. The van der Waals surface area contributed by atoms with E-state index in [9.17, 15) is 0 Å². The van der Waals surface area contributed by atoms with Gasteiger partial charge >= 0.3 is 0 Å². The van der Waals surface area contributed by atoms with Crippen LogP contribution in [0.25, 0.3) is 0 Å². The van der Waals surface area contributed by atoms with Gasteiger partial charge in [-0.3, -0.25) is 0 Å². The molecule has 4 N–H and O–H groups in total. The third-order valence-corrected chi connectivity index (χ3v) is 3.40. The summed E-state index contributed by atoms with van der Waals surface area (Å²) in [5.74, 6) is 0. The number of rotatable bonds is 3. The van der Waals surface area contributed by atoms with Crippen LogP contribution in [0, 0.1) is 0 Å². The fourth-order valence-electron chi connectivity index (χ4n) is 0.895. The van der Waals surface area contributed by atoms with Crippen LogP contribution in [0.3, 0.4) is 0 Å². The molecule has 0 aliphatic heterocycles. The molecule has 1 rings (SSSR count). The predicted molar refractivity (Wildman–Crippen MR) is 59.8 cm³/mol. The Labute approximate surface area is 83.7 Å². The molecule has 72 valence electrons. The summed E-state index contributed by atoms with van der Waals surface area (Å²) in [7, 11) is 0. The van der Waals surface area contributed by atoms with E-state index < -0.39 is 0 Å². The van der Waals surface area contributed by atoms with Crippen LogP contribution in [0.2, 0.25) is 0 Å². The first-order valence-electron chi connectivity index (χ1n) is 4.38. The molecule has 1 aromatic rings. The lowest BCUT2D eigenvalue weighted by Crippen LogP contribution is -2.26. The van der Waals surface area contributed by atoms with Crippen LogP contribution in [-0.4, -0.2) is 11.3 Å². The molecule has 0 heterocycles. The van der Waals surface area contributed by atoms with Crippen LogP contribution in [0.5, 0.6) is 0 Å². The second-order valence-corrected chi connectivity index (χ2v) is 4.64. The molecule has 3 heteroatoms. The number of hydrogen-bond donors (Lipinski definition) is 2. The number of benzene rings is 1. The molecule has 0 amide bonds. The maximum atomic E-state index is 5.81. The van der Waals surface area contributed by atoms with Crippen molar-refractivity contribution >= 4 is 17.4 Å². The van der Waals surface area contributed by atoms with E-state index in [1.54, 1.807) is 11.8 Å². The maximum Gasteiger partial charge on any atom is 0.0452 e. The highest BCUT2D eigenvalue weighted by atomic mass is 32.2. The Kier molecular flexibility index (Phi) is 3.63. The highest BCUT2D eigenvalue weighted by molar-refractivity contribution is 8.00. The van der Waals surface area contributed by atoms with E-state index in [2.05, 4.69) is 6.92 Å². The minimum absolute atomic E-state index is 0.185. The van der Waals surface area contributed by atoms with Gasteiger partial charge in [-0.1, -0.05) is 19.1 Å². The summed E-state index contributed by atoms with van der Waals surface area (Å²) in [4.78, 5) is 1.12. The minimum Gasteiger partial charge on any atom is -0.398 e. The molecule has 0 saturated heterocycles. The van der Waals surface area contributed by atoms with Crippen molar-refractivity contribution in [3.63, 3.8) is 0 Å². The van der Waals surface area contributed by atoms with Crippen molar-refractivity contribution < 1.29 is 0 Å². The molecular weight excluding hydrogens is 180 g/mol. The first kappa shape index (κ1) is 10.4. The van der Waals surface area contributed by atoms with Gasteiger partial charge in [0.15, 0.2) is 0 Å². The molecule has 0 aliphatic rings. The van der Waals surface area contributed by atoms with Crippen LogP contribution < -0.4 is 11.5 Å². The number of nitrogen functional groups attached to an aromatic ring is 1. The largest absolute Gasteiger partial charge is 0.398 e. The topological polar surface area (TPSA) is 52.0 Å². The van der Waals surface area contributed by atoms with Crippen molar-refractivity contribution in [1.82, 2.24) is 0 Å². The van der Waals surface area contributed by atoms with Crippen LogP contribution >= 0.6 is 11.8 Å². The number of thioether (sulfide) groups is 1. The van der Waals surface area contributed by atoms with Crippen LogP contribution in [-0.2, 0) is 0 Å². The molecule has 0 fully saturated rings. The summed E-state index contributed by atoms with van der Waals surface area (Å²) in [6.07, 6.45) is 0. The smallest absolute Gasteiger partial charge is 0.0452 e. The first-order chi connectivity index (χ1) is 6.11. The van der Waals surface area contributed by atoms with E-state index in [0.717, 1.165) is 10.6 Å². The molecule has 2 atom stereocenters. The summed E-state index contributed by atoms with van der Waals surface area (Å²) < 4.78 is 0. The van der Waals surface area contributed by atoms with Crippen molar-refractivity contribution in [2.75, 3.05) is 5.73 Å². The lowest BCUT2D eigenvalue weighted by molar-refractivity contribution is 0.731. The Balaban J connectivity index is 2.69. The Hall–Kier alpha value is -0.670. The average molecular weight is 196 g/mol. The Bertz CT molecular complexity index is 273. The number of para-hydroxylation sites is 1. The van der Waals surface area contributed by atoms with Crippen molar-refractivity contribution in [1.29, 1.82) is 0 Å². The second kappa shape index (κ2) is 4.53. The zero-order chi connectivity index (χ0) is 9.84. The third-order valence-electron chi connectivity index (χ3n) is 1.97. The SMILES string of the molecule is CC(N)C(C)Sc1ccccc1N. The molecule has 1 aromatic carbocycles. The first-order valence-corrected chi connectivity index (χ1v) is 5.26. The summed E-state index contributed by atoms with van der Waals surface area (Å²) in [5.41, 5.74) is 12.4. The Morgan fingerprint density at radius 3 is 2.38 bits per heavy atom. The van der Waals surface area contributed by atoms with Gasteiger partial charge in [0.25, 0.3) is 0 Å². The third kappa shape index (κ3) is 2.94. The fourth-order valence-corrected chi connectivity index (χ4v) is 1.87. The van der Waals surface area contributed by atoms with Gasteiger partial charge in [-0.25, -0.2) is 0 Å². The lowest BCUT2D eigenvalue weighted by Gasteiger charge is -2.15. The van der Waals surface area contributed by atoms with Crippen molar-refractivity contribution in [2.45, 2.75) is 30.0 Å². The molecule has 2 nitrogen and oxygen atoms in total. The van der Waals surface area contributed by atoms with E-state index in [1.807, 2.05) is 31.2 Å². The van der Waals surface area contributed by atoms with Gasteiger partial charge in [0, 0.05) is 21.9 Å². The zero-order valence-corrected chi connectivity index (χ0v) is 8.84. The van der Waals surface area contributed by atoms with Crippen LogP contribution in [0.4, 0.5) is 5.69 Å². The standard InChI is InChI=1S/C10H16N2S/c1-7(11)8(2)13-10-6-4-3-5-9(10)12/h3-8H,11-12H2,1-2H3. The summed E-state index contributed by atoms with van der Waals surface area (Å²) in [5, 5.41) is 0.393. The van der Waals surface area contributed by atoms with Gasteiger partial charge in [0.05, 0.1) is 0 Å². The normalized spacial score (nSPS) is 15.3. The highest BCUT2D eigenvalue weighted by Crippen LogP contribution is 2.29. The monoisotopic (exact) mass is 196 g/mol. The van der Waals surface area contributed by atoms with Gasteiger partial charge in [0.1, 0.15) is 0 Å². The maximum absolute atomic E-state index is 5.81. The quantitative estimate of drug-likeness (QED) is 0.575. The molecule has 0 aliphatic carbocycles. The number of hydrogen-bond acceptors (Lipinski definition) is 3. The fraction of sp³-hybridized carbons (Fsp3) is 0.400.